The SMILES string of the molecule is CN(Cc1cnc(Cl)cc1Cl)C1CCCC1CN. The van der Waals surface area contributed by atoms with E-state index in [0.717, 1.165) is 18.7 Å². The molecule has 1 fully saturated rings. The van der Waals surface area contributed by atoms with Crippen molar-refractivity contribution in [2.75, 3.05) is 13.6 Å². The maximum absolute atomic E-state index is 6.17. The van der Waals surface area contributed by atoms with E-state index >= 15 is 0 Å². The van der Waals surface area contributed by atoms with E-state index in [-0.39, 0.29) is 0 Å². The largest absolute Gasteiger partial charge is 0.330 e. The van der Waals surface area contributed by atoms with Crippen LogP contribution in [0.1, 0.15) is 24.8 Å². The maximum Gasteiger partial charge on any atom is 0.130 e. The standard InChI is InChI=1S/C13H19Cl2N3/c1-18(12-4-2-3-9(12)6-16)8-10-7-17-13(15)5-11(10)14/h5,7,9,12H,2-4,6,8,16H2,1H3. The van der Waals surface area contributed by atoms with Crippen LogP contribution in [0.2, 0.25) is 10.2 Å². The van der Waals surface area contributed by atoms with E-state index < -0.39 is 0 Å². The van der Waals surface area contributed by atoms with Crippen molar-refractivity contribution < 1.29 is 0 Å². The molecule has 0 saturated heterocycles. The maximum atomic E-state index is 6.17. The van der Waals surface area contributed by atoms with Crippen LogP contribution < -0.4 is 5.73 Å². The highest BCUT2D eigenvalue weighted by atomic mass is 35.5. The van der Waals surface area contributed by atoms with Crippen molar-refractivity contribution in [3.05, 3.63) is 28.0 Å². The smallest absolute Gasteiger partial charge is 0.130 e. The fourth-order valence-corrected chi connectivity index (χ4v) is 3.24. The van der Waals surface area contributed by atoms with Crippen molar-refractivity contribution >= 4 is 23.2 Å². The molecule has 1 aliphatic carbocycles. The Balaban J connectivity index is 2.04. The second-order valence-electron chi connectivity index (χ2n) is 5.01. The third kappa shape index (κ3) is 3.15. The number of halogens is 2. The molecule has 0 spiro atoms. The first-order chi connectivity index (χ1) is 8.61. The number of nitrogens with two attached hydrogens (primary N) is 1. The van der Waals surface area contributed by atoms with Gasteiger partial charge in [0, 0.05) is 29.4 Å². The minimum absolute atomic E-state index is 0.437. The summed E-state index contributed by atoms with van der Waals surface area (Å²) in [6.45, 7) is 1.56. The van der Waals surface area contributed by atoms with Gasteiger partial charge in [0.2, 0.25) is 0 Å². The fraction of sp³-hybridized carbons (Fsp3) is 0.615. The number of rotatable bonds is 4. The highest BCUT2D eigenvalue weighted by Crippen LogP contribution is 2.30. The van der Waals surface area contributed by atoms with Gasteiger partial charge in [-0.1, -0.05) is 29.6 Å². The number of pyridine rings is 1. The van der Waals surface area contributed by atoms with Crippen molar-refractivity contribution in [3.8, 4) is 0 Å². The summed E-state index contributed by atoms with van der Waals surface area (Å²) in [5.41, 5.74) is 6.84. The Bertz CT molecular complexity index is 411. The average molecular weight is 288 g/mol. The van der Waals surface area contributed by atoms with Crippen LogP contribution >= 0.6 is 23.2 Å². The Morgan fingerprint density at radius 1 is 1.44 bits per heavy atom. The summed E-state index contributed by atoms with van der Waals surface area (Å²) in [5, 5.41) is 1.12. The van der Waals surface area contributed by atoms with Crippen molar-refractivity contribution in [2.45, 2.75) is 31.8 Å². The highest BCUT2D eigenvalue weighted by molar-refractivity contribution is 6.34. The third-order valence-electron chi connectivity index (χ3n) is 3.80. The van der Waals surface area contributed by atoms with Gasteiger partial charge in [0.25, 0.3) is 0 Å². The van der Waals surface area contributed by atoms with Crippen molar-refractivity contribution in [3.63, 3.8) is 0 Å². The molecule has 0 amide bonds. The van der Waals surface area contributed by atoms with E-state index in [9.17, 15) is 0 Å². The minimum Gasteiger partial charge on any atom is -0.330 e. The van der Waals surface area contributed by atoms with E-state index in [1.165, 1.54) is 19.3 Å². The van der Waals surface area contributed by atoms with E-state index in [1.54, 1.807) is 12.3 Å². The molecule has 2 N–H and O–H groups in total. The molecule has 3 nitrogen and oxygen atoms in total. The zero-order chi connectivity index (χ0) is 13.1. The van der Waals surface area contributed by atoms with Crippen LogP contribution in [0.3, 0.4) is 0 Å². The molecule has 1 aromatic rings. The van der Waals surface area contributed by atoms with Crippen LogP contribution in [0.5, 0.6) is 0 Å². The summed E-state index contributed by atoms with van der Waals surface area (Å²) in [6.07, 6.45) is 5.48. The van der Waals surface area contributed by atoms with Crippen molar-refractivity contribution in [2.24, 2.45) is 11.7 Å². The van der Waals surface area contributed by atoms with E-state index in [1.807, 2.05) is 0 Å². The van der Waals surface area contributed by atoms with Gasteiger partial charge in [-0.3, -0.25) is 4.90 Å². The van der Waals surface area contributed by atoms with E-state index in [4.69, 9.17) is 28.9 Å². The normalized spacial score (nSPS) is 23.8. The van der Waals surface area contributed by atoms with Gasteiger partial charge in [0.15, 0.2) is 0 Å². The predicted molar refractivity (Wildman–Crippen MR) is 75.9 cm³/mol. The molecule has 1 aliphatic rings. The number of aromatic nitrogens is 1. The Morgan fingerprint density at radius 2 is 2.22 bits per heavy atom. The van der Waals surface area contributed by atoms with Crippen LogP contribution in [-0.4, -0.2) is 29.5 Å². The zero-order valence-electron chi connectivity index (χ0n) is 10.6. The number of nitrogens with zero attached hydrogens (tertiary/aromatic N) is 2. The molecule has 0 radical (unpaired) electrons. The van der Waals surface area contributed by atoms with Gasteiger partial charge in [0.1, 0.15) is 5.15 Å². The molecule has 0 aromatic carbocycles. The van der Waals surface area contributed by atoms with Gasteiger partial charge >= 0.3 is 0 Å². The first kappa shape index (κ1) is 14.1. The lowest BCUT2D eigenvalue weighted by Crippen LogP contribution is -2.37. The Hall–Kier alpha value is -0.350. The summed E-state index contributed by atoms with van der Waals surface area (Å²) < 4.78 is 0. The summed E-state index contributed by atoms with van der Waals surface area (Å²) in [5.74, 6) is 0.606. The van der Waals surface area contributed by atoms with Crippen LogP contribution in [0.15, 0.2) is 12.3 Å². The lowest BCUT2D eigenvalue weighted by Gasteiger charge is -2.29. The molecule has 2 unspecified atom stereocenters. The molecular formula is C13H19Cl2N3. The molecule has 0 aliphatic heterocycles. The molecule has 2 rings (SSSR count). The van der Waals surface area contributed by atoms with Crippen LogP contribution in [0.4, 0.5) is 0 Å². The lowest BCUT2D eigenvalue weighted by molar-refractivity contribution is 0.192. The van der Waals surface area contributed by atoms with Crippen molar-refractivity contribution in [1.29, 1.82) is 0 Å². The topological polar surface area (TPSA) is 42.2 Å². The number of hydrogen-bond donors (Lipinski definition) is 1. The Morgan fingerprint density at radius 3 is 2.89 bits per heavy atom. The summed E-state index contributed by atoms with van der Waals surface area (Å²) in [4.78, 5) is 6.42. The average Bonchev–Trinajstić information content (AvgIpc) is 2.81. The van der Waals surface area contributed by atoms with Gasteiger partial charge in [-0.15, -0.1) is 0 Å². The van der Waals surface area contributed by atoms with Crippen molar-refractivity contribution in [1.82, 2.24) is 9.88 Å². The highest BCUT2D eigenvalue weighted by Gasteiger charge is 2.29. The van der Waals surface area contributed by atoms with Gasteiger partial charge in [-0.05, 0) is 38.4 Å². The van der Waals surface area contributed by atoms with Crippen LogP contribution in [0.25, 0.3) is 0 Å². The van der Waals surface area contributed by atoms with Gasteiger partial charge in [0.05, 0.1) is 0 Å². The minimum atomic E-state index is 0.437. The Labute approximate surface area is 118 Å². The Kier molecular flexibility index (Phi) is 4.84. The van der Waals surface area contributed by atoms with Crippen LogP contribution in [0, 0.1) is 5.92 Å². The monoisotopic (exact) mass is 287 g/mol. The van der Waals surface area contributed by atoms with E-state index in [0.29, 0.717) is 22.1 Å². The summed E-state index contributed by atoms with van der Waals surface area (Å²) in [6, 6.07) is 2.25. The third-order valence-corrected chi connectivity index (χ3v) is 4.36. The molecule has 18 heavy (non-hydrogen) atoms. The predicted octanol–water partition coefficient (Wildman–Crippen LogP) is 2.95. The first-order valence-electron chi connectivity index (χ1n) is 6.32. The summed E-state index contributed by atoms with van der Waals surface area (Å²) in [7, 11) is 2.13. The lowest BCUT2D eigenvalue weighted by atomic mass is 10.0. The molecule has 1 saturated carbocycles. The summed E-state index contributed by atoms with van der Waals surface area (Å²) >= 11 is 12.0. The number of hydrogen-bond acceptors (Lipinski definition) is 3. The van der Waals surface area contributed by atoms with Crippen LogP contribution in [-0.2, 0) is 6.54 Å². The fourth-order valence-electron chi connectivity index (χ4n) is 2.81. The second kappa shape index (κ2) is 6.20. The quantitative estimate of drug-likeness (QED) is 0.866. The van der Waals surface area contributed by atoms with E-state index in [2.05, 4.69) is 16.9 Å². The molecular weight excluding hydrogens is 269 g/mol. The molecule has 100 valence electrons. The van der Waals surface area contributed by atoms with Gasteiger partial charge in [-0.2, -0.15) is 0 Å². The second-order valence-corrected chi connectivity index (χ2v) is 5.80. The molecule has 2 atom stereocenters. The molecule has 1 aromatic heterocycles. The first-order valence-corrected chi connectivity index (χ1v) is 7.07. The van der Waals surface area contributed by atoms with Gasteiger partial charge in [-0.25, -0.2) is 4.98 Å². The van der Waals surface area contributed by atoms with Gasteiger partial charge < -0.3 is 5.73 Å². The zero-order valence-corrected chi connectivity index (χ0v) is 12.1. The molecule has 0 bridgehead atoms. The molecule has 5 heteroatoms. The molecule has 1 heterocycles.